The number of nitrogens with one attached hydrogen (secondary N) is 1. The predicted octanol–water partition coefficient (Wildman–Crippen LogP) is 3.32. The molecular weight excluding hydrogens is 352 g/mol. The summed E-state index contributed by atoms with van der Waals surface area (Å²) in [5, 5.41) is 3.46. The van der Waals surface area contributed by atoms with Gasteiger partial charge in [-0.2, -0.15) is 0 Å². The van der Waals surface area contributed by atoms with Gasteiger partial charge in [-0.1, -0.05) is 6.42 Å². The van der Waals surface area contributed by atoms with E-state index in [4.69, 9.17) is 9.47 Å². The average molecular weight is 383 g/mol. The van der Waals surface area contributed by atoms with Crippen LogP contribution in [-0.2, 0) is 17.8 Å². The number of nitrogens with zero attached hydrogens (tertiary/aromatic N) is 1. The molecule has 0 aliphatic carbocycles. The molecule has 0 spiro atoms. The Hall–Kier alpha value is -1.46. The number of benzene rings is 1. The van der Waals surface area contributed by atoms with Crippen molar-refractivity contribution >= 4 is 18.3 Å². The third-order valence-corrected chi connectivity index (χ3v) is 4.92. The molecule has 3 rings (SSSR count). The lowest BCUT2D eigenvalue weighted by Gasteiger charge is -2.21. The summed E-state index contributed by atoms with van der Waals surface area (Å²) in [6.07, 6.45) is 5.21. The van der Waals surface area contributed by atoms with Gasteiger partial charge in [0, 0.05) is 50.1 Å². The maximum absolute atomic E-state index is 12.0. The molecule has 1 saturated heterocycles. The molecule has 5 nitrogen and oxygen atoms in total. The zero-order valence-corrected chi connectivity index (χ0v) is 16.7. The molecule has 1 atom stereocenters. The first kappa shape index (κ1) is 20.8. The molecule has 1 aromatic carbocycles. The third-order valence-electron chi connectivity index (χ3n) is 4.92. The molecular formula is C20H31ClN2O3. The van der Waals surface area contributed by atoms with Gasteiger partial charge in [0.05, 0.1) is 6.61 Å². The predicted molar refractivity (Wildman–Crippen MR) is 105 cm³/mol. The van der Waals surface area contributed by atoms with Gasteiger partial charge < -0.3 is 19.7 Å². The first-order chi connectivity index (χ1) is 12.2. The number of likely N-dealkylation sites (tertiary alicyclic amines) is 1. The lowest BCUT2D eigenvalue weighted by Crippen LogP contribution is -2.36. The highest BCUT2D eigenvalue weighted by atomic mass is 35.5. The SMILES string of the molecule is CCOc1cc2c(cc1CNCCN1CCCCCC1=O)OC(C)C2.Cl. The number of carbonyl (C=O) groups excluding carboxylic acids is 1. The molecule has 6 heteroatoms. The molecule has 2 heterocycles. The summed E-state index contributed by atoms with van der Waals surface area (Å²) in [5.74, 6) is 2.22. The van der Waals surface area contributed by atoms with E-state index in [1.165, 1.54) is 12.0 Å². The Morgan fingerprint density at radius 1 is 1.31 bits per heavy atom. The summed E-state index contributed by atoms with van der Waals surface area (Å²) in [7, 11) is 0. The number of hydrogen-bond donors (Lipinski definition) is 1. The van der Waals surface area contributed by atoms with Crippen molar-refractivity contribution in [2.24, 2.45) is 0 Å². The van der Waals surface area contributed by atoms with Crippen LogP contribution in [0.15, 0.2) is 12.1 Å². The quantitative estimate of drug-likeness (QED) is 0.735. The first-order valence-electron chi connectivity index (χ1n) is 9.61. The van der Waals surface area contributed by atoms with Gasteiger partial charge in [-0.05, 0) is 38.8 Å². The minimum absolute atomic E-state index is 0. The van der Waals surface area contributed by atoms with Crippen molar-refractivity contribution in [2.45, 2.75) is 58.6 Å². The highest BCUT2D eigenvalue weighted by Gasteiger charge is 2.22. The fourth-order valence-electron chi connectivity index (χ4n) is 3.62. The third kappa shape index (κ3) is 5.27. The molecule has 1 aromatic rings. The van der Waals surface area contributed by atoms with Crippen molar-refractivity contribution in [2.75, 3.05) is 26.2 Å². The van der Waals surface area contributed by atoms with E-state index in [0.29, 0.717) is 18.9 Å². The van der Waals surface area contributed by atoms with Crippen molar-refractivity contribution in [3.05, 3.63) is 23.3 Å². The standard InChI is InChI=1S/C20H30N2O3.ClH/c1-3-24-18-12-16-11-15(2)25-19(16)13-17(18)14-21-8-10-22-9-6-4-5-7-20(22)23;/h12-13,15,21H,3-11,14H2,1-2H3;1H. The maximum atomic E-state index is 12.0. The number of amides is 1. The molecule has 1 fully saturated rings. The normalized spacial score (nSPS) is 19.4. The lowest BCUT2D eigenvalue weighted by molar-refractivity contribution is -0.130. The molecule has 146 valence electrons. The monoisotopic (exact) mass is 382 g/mol. The minimum atomic E-state index is 0. The van der Waals surface area contributed by atoms with E-state index >= 15 is 0 Å². The lowest BCUT2D eigenvalue weighted by atomic mass is 10.1. The van der Waals surface area contributed by atoms with Crippen LogP contribution >= 0.6 is 12.4 Å². The number of rotatable bonds is 7. The van der Waals surface area contributed by atoms with Crippen LogP contribution in [0.25, 0.3) is 0 Å². The molecule has 0 saturated carbocycles. The van der Waals surface area contributed by atoms with Gasteiger partial charge in [0.25, 0.3) is 0 Å². The Balaban J connectivity index is 0.00000243. The zero-order chi connectivity index (χ0) is 17.6. The molecule has 2 aliphatic heterocycles. The minimum Gasteiger partial charge on any atom is -0.494 e. The number of hydrogen-bond acceptors (Lipinski definition) is 4. The fraction of sp³-hybridized carbons (Fsp3) is 0.650. The summed E-state index contributed by atoms with van der Waals surface area (Å²) in [4.78, 5) is 14.0. The maximum Gasteiger partial charge on any atom is 0.222 e. The molecule has 1 unspecified atom stereocenters. The van der Waals surface area contributed by atoms with E-state index in [2.05, 4.69) is 24.4 Å². The van der Waals surface area contributed by atoms with Crippen LogP contribution in [0.3, 0.4) is 0 Å². The van der Waals surface area contributed by atoms with Gasteiger partial charge in [-0.3, -0.25) is 4.79 Å². The van der Waals surface area contributed by atoms with E-state index in [1.807, 2.05) is 11.8 Å². The molecule has 0 radical (unpaired) electrons. The van der Waals surface area contributed by atoms with Gasteiger partial charge in [0.15, 0.2) is 0 Å². The van der Waals surface area contributed by atoms with E-state index in [0.717, 1.165) is 62.5 Å². The van der Waals surface area contributed by atoms with Gasteiger partial charge >= 0.3 is 0 Å². The number of ether oxygens (including phenoxy) is 2. The Morgan fingerprint density at radius 2 is 2.15 bits per heavy atom. The Bertz CT molecular complexity index is 609. The fourth-order valence-corrected chi connectivity index (χ4v) is 3.62. The van der Waals surface area contributed by atoms with E-state index in [1.54, 1.807) is 0 Å². The van der Waals surface area contributed by atoms with Crippen LogP contribution in [0.1, 0.15) is 50.7 Å². The first-order valence-corrected chi connectivity index (χ1v) is 9.61. The highest BCUT2D eigenvalue weighted by Crippen LogP contribution is 2.35. The van der Waals surface area contributed by atoms with Crippen LogP contribution in [0.2, 0.25) is 0 Å². The molecule has 1 N–H and O–H groups in total. The molecule has 1 amide bonds. The molecule has 26 heavy (non-hydrogen) atoms. The van der Waals surface area contributed by atoms with Crippen LogP contribution in [0.5, 0.6) is 11.5 Å². The Kier molecular flexibility index (Phi) is 8.04. The van der Waals surface area contributed by atoms with Crippen LogP contribution in [0.4, 0.5) is 0 Å². The molecule has 2 aliphatic rings. The zero-order valence-electron chi connectivity index (χ0n) is 15.9. The Labute approximate surface area is 162 Å². The van der Waals surface area contributed by atoms with Crippen LogP contribution in [0, 0.1) is 0 Å². The van der Waals surface area contributed by atoms with Crippen molar-refractivity contribution in [1.29, 1.82) is 0 Å². The summed E-state index contributed by atoms with van der Waals surface area (Å²) < 4.78 is 11.7. The topological polar surface area (TPSA) is 50.8 Å². The van der Waals surface area contributed by atoms with Crippen molar-refractivity contribution in [3.63, 3.8) is 0 Å². The summed E-state index contributed by atoms with van der Waals surface area (Å²) >= 11 is 0. The summed E-state index contributed by atoms with van der Waals surface area (Å²) in [6.45, 7) is 7.96. The summed E-state index contributed by atoms with van der Waals surface area (Å²) in [5.41, 5.74) is 2.35. The van der Waals surface area contributed by atoms with Crippen molar-refractivity contribution in [3.8, 4) is 11.5 Å². The van der Waals surface area contributed by atoms with Crippen LogP contribution < -0.4 is 14.8 Å². The van der Waals surface area contributed by atoms with E-state index in [9.17, 15) is 4.79 Å². The largest absolute Gasteiger partial charge is 0.494 e. The highest BCUT2D eigenvalue weighted by molar-refractivity contribution is 5.85. The number of halogens is 1. The molecule has 0 bridgehead atoms. The average Bonchev–Trinajstić information content (AvgIpc) is 2.82. The van der Waals surface area contributed by atoms with Crippen molar-refractivity contribution < 1.29 is 14.3 Å². The second-order valence-corrected chi connectivity index (χ2v) is 7.00. The van der Waals surface area contributed by atoms with Gasteiger partial charge in [-0.15, -0.1) is 12.4 Å². The van der Waals surface area contributed by atoms with Crippen molar-refractivity contribution in [1.82, 2.24) is 10.2 Å². The number of fused-ring (bicyclic) bond motifs is 1. The van der Waals surface area contributed by atoms with Gasteiger partial charge in [0.2, 0.25) is 5.91 Å². The van der Waals surface area contributed by atoms with E-state index in [-0.39, 0.29) is 18.5 Å². The second-order valence-electron chi connectivity index (χ2n) is 7.00. The van der Waals surface area contributed by atoms with Crippen LogP contribution in [-0.4, -0.2) is 43.2 Å². The second kappa shape index (κ2) is 10.0. The number of carbonyl (C=O) groups is 1. The molecule has 0 aromatic heterocycles. The smallest absolute Gasteiger partial charge is 0.222 e. The Morgan fingerprint density at radius 3 is 2.96 bits per heavy atom. The summed E-state index contributed by atoms with van der Waals surface area (Å²) in [6, 6.07) is 4.23. The van der Waals surface area contributed by atoms with Gasteiger partial charge in [0.1, 0.15) is 17.6 Å². The van der Waals surface area contributed by atoms with E-state index < -0.39 is 0 Å². The van der Waals surface area contributed by atoms with Gasteiger partial charge in [-0.25, -0.2) is 0 Å².